The molecule has 1 aromatic rings. The van der Waals surface area contributed by atoms with Gasteiger partial charge in [0.05, 0.1) is 50.9 Å². The van der Waals surface area contributed by atoms with Gasteiger partial charge in [-0.25, -0.2) is 20.2 Å². The Balaban J connectivity index is 3.29. The van der Waals surface area contributed by atoms with Crippen molar-refractivity contribution in [2.24, 2.45) is 0 Å². The summed E-state index contributed by atoms with van der Waals surface area (Å²) >= 11 is 0. The number of nitriles is 2. The lowest BCUT2D eigenvalue weighted by Crippen LogP contribution is -2.22. The van der Waals surface area contributed by atoms with Crippen LogP contribution in [0.25, 0.3) is 21.1 Å². The van der Waals surface area contributed by atoms with E-state index in [0.717, 1.165) is 6.42 Å². The highest BCUT2D eigenvalue weighted by Crippen LogP contribution is 2.12. The van der Waals surface area contributed by atoms with Crippen LogP contribution in [0.2, 0.25) is 0 Å². The number of hydrogen-bond donors (Lipinski definition) is 1. The molecule has 0 saturated heterocycles. The molecule has 0 aliphatic rings. The summed E-state index contributed by atoms with van der Waals surface area (Å²) in [6, 6.07) is 6.23. The zero-order chi connectivity index (χ0) is 24.7. The van der Waals surface area contributed by atoms with Gasteiger partial charge in [0.25, 0.3) is 21.5 Å². The topological polar surface area (TPSA) is 148 Å². The molecule has 0 heterocycles. The van der Waals surface area contributed by atoms with Gasteiger partial charge in [0, 0.05) is 17.0 Å². The van der Waals surface area contributed by atoms with Crippen LogP contribution in [0.3, 0.4) is 0 Å². The van der Waals surface area contributed by atoms with E-state index >= 15 is 0 Å². The van der Waals surface area contributed by atoms with Crippen LogP contribution in [0.1, 0.15) is 13.3 Å². The highest BCUT2D eigenvalue weighted by molar-refractivity contribution is 7.85. The van der Waals surface area contributed by atoms with Crippen LogP contribution in [-0.2, 0) is 19.6 Å². The molecule has 1 aromatic carbocycles. The second kappa shape index (κ2) is 14.4. The molecule has 0 aromatic heterocycles. The lowest BCUT2D eigenvalue weighted by Gasteiger charge is -2.12. The van der Waals surface area contributed by atoms with E-state index < -0.39 is 15.9 Å². The molecule has 33 heavy (non-hydrogen) atoms. The molecule has 0 spiro atoms. The van der Waals surface area contributed by atoms with Gasteiger partial charge in [-0.15, -0.1) is 0 Å². The van der Waals surface area contributed by atoms with Crippen LogP contribution in [0, 0.1) is 35.8 Å². The van der Waals surface area contributed by atoms with E-state index in [-0.39, 0.29) is 66.4 Å². The summed E-state index contributed by atoms with van der Waals surface area (Å²) < 4.78 is 51.8. The molecule has 0 unspecified atom stereocenters. The number of ether oxygens (including phenoxy) is 4. The third kappa shape index (κ3) is 9.57. The van der Waals surface area contributed by atoms with Gasteiger partial charge >= 0.3 is 0 Å². The van der Waals surface area contributed by atoms with Crippen molar-refractivity contribution in [1.82, 2.24) is 0 Å². The van der Waals surface area contributed by atoms with Crippen molar-refractivity contribution in [2.75, 3.05) is 45.4 Å². The van der Waals surface area contributed by atoms with Gasteiger partial charge in [0.1, 0.15) is 24.7 Å². The first-order chi connectivity index (χ1) is 15.8. The Labute approximate surface area is 192 Å². The molecule has 0 fully saturated rings. The summed E-state index contributed by atoms with van der Waals surface area (Å²) in [4.78, 5) is 6.38. The van der Waals surface area contributed by atoms with Crippen molar-refractivity contribution in [3.05, 3.63) is 45.4 Å². The highest BCUT2D eigenvalue weighted by Gasteiger charge is 2.12. The van der Waals surface area contributed by atoms with Crippen molar-refractivity contribution in [3.63, 3.8) is 0 Å². The van der Waals surface area contributed by atoms with Gasteiger partial charge in [-0.1, -0.05) is 6.92 Å². The van der Waals surface area contributed by atoms with Crippen LogP contribution < -0.4 is 19.9 Å². The molecule has 1 rings (SSSR count). The average Bonchev–Trinajstić information content (AvgIpc) is 2.78. The summed E-state index contributed by atoms with van der Waals surface area (Å²) in [6.45, 7) is 17.0. The quantitative estimate of drug-likeness (QED) is 0.250. The Morgan fingerprint density at radius 1 is 0.909 bits per heavy atom. The van der Waals surface area contributed by atoms with Crippen LogP contribution in [0.4, 0.5) is 0 Å². The number of benzene rings is 1. The van der Waals surface area contributed by atoms with Gasteiger partial charge in [0.2, 0.25) is 0 Å². The first kappa shape index (κ1) is 27.4. The minimum atomic E-state index is -4.15. The largest absolute Gasteiger partial charge is 0.492 e. The monoisotopic (exact) mass is 474 g/mol. The first-order valence-corrected chi connectivity index (χ1v) is 11.3. The van der Waals surface area contributed by atoms with E-state index in [4.69, 9.17) is 36.6 Å². The molecule has 0 atom stereocenters. The number of rotatable bonds is 13. The van der Waals surface area contributed by atoms with Crippen molar-refractivity contribution >= 4 is 21.5 Å². The average molecular weight is 474 g/mol. The predicted molar refractivity (Wildman–Crippen MR) is 116 cm³/mol. The Morgan fingerprint density at radius 2 is 1.36 bits per heavy atom. The summed E-state index contributed by atoms with van der Waals surface area (Å²) in [7, 11) is -4.15. The number of nitrogens with zero attached hydrogens (tertiary/aromatic N) is 4. The van der Waals surface area contributed by atoms with Gasteiger partial charge in [0.15, 0.2) is 0 Å². The van der Waals surface area contributed by atoms with Gasteiger partial charge in [-0.05, 0) is 18.6 Å². The molecule has 0 bridgehead atoms. The third-order valence-electron chi connectivity index (χ3n) is 3.83. The second-order valence-corrected chi connectivity index (χ2v) is 7.77. The van der Waals surface area contributed by atoms with E-state index in [1.165, 1.54) is 12.1 Å². The summed E-state index contributed by atoms with van der Waals surface area (Å²) in [5.74, 6) is -0.417. The molecule has 0 aliphatic carbocycles. The van der Waals surface area contributed by atoms with Crippen LogP contribution in [0.15, 0.2) is 12.1 Å². The Hall–Kier alpha value is -3.65. The maximum absolute atomic E-state index is 10.7. The van der Waals surface area contributed by atoms with E-state index in [0.29, 0.717) is 6.61 Å². The zero-order valence-corrected chi connectivity index (χ0v) is 18.7. The van der Waals surface area contributed by atoms with Crippen LogP contribution in [0.5, 0.6) is 11.5 Å². The summed E-state index contributed by atoms with van der Waals surface area (Å²) in [5, 5.41) is 18.9. The molecule has 0 amide bonds. The Morgan fingerprint density at radius 3 is 1.73 bits per heavy atom. The smallest absolute Gasteiger partial charge is 0.272 e. The van der Waals surface area contributed by atoms with Crippen molar-refractivity contribution in [2.45, 2.75) is 13.3 Å². The third-order valence-corrected chi connectivity index (χ3v) is 4.51. The molecule has 0 aliphatic heterocycles. The van der Waals surface area contributed by atoms with E-state index in [1.807, 2.05) is 6.92 Å². The SMILES string of the molecule is [C-]#[N+]/C(C#N)=c1/cc(OCCOCCS(=O)(=O)O)/c(=C(\C#N)[N+]#[C-])cc1OCCOCCC. The minimum Gasteiger partial charge on any atom is -0.492 e. The fourth-order valence-electron chi connectivity index (χ4n) is 2.39. The Kier molecular flexibility index (Phi) is 12.0. The van der Waals surface area contributed by atoms with Crippen molar-refractivity contribution in [3.8, 4) is 23.6 Å². The first-order valence-electron chi connectivity index (χ1n) is 9.65. The maximum Gasteiger partial charge on any atom is 0.272 e. The summed E-state index contributed by atoms with van der Waals surface area (Å²) in [6.07, 6.45) is 0.830. The van der Waals surface area contributed by atoms with Crippen molar-refractivity contribution < 1.29 is 31.9 Å². The van der Waals surface area contributed by atoms with Crippen LogP contribution in [-0.4, -0.2) is 58.4 Å². The molecular weight excluding hydrogens is 452 g/mol. The minimum absolute atomic E-state index is 0.0434. The van der Waals surface area contributed by atoms with Crippen LogP contribution >= 0.6 is 0 Å². The van der Waals surface area contributed by atoms with E-state index in [2.05, 4.69) is 9.69 Å². The molecule has 1 N–H and O–H groups in total. The normalized spacial score (nSPS) is 12.4. The van der Waals surface area contributed by atoms with Gasteiger partial charge < -0.3 is 18.9 Å². The lowest BCUT2D eigenvalue weighted by molar-refractivity contribution is 0.100. The standard InChI is InChI=1S/C21H22N4O7S/c1-4-5-29-6-8-31-20-12-17(19(15-23)25-3)21(13-16(20)18(14-22)24-2)32-9-7-30-10-11-33(26,27)28/h12-13H,4-11H2,1H3,(H,26,27,28)/b18-16-,19-17+. The zero-order valence-electron chi connectivity index (χ0n) is 17.9. The maximum atomic E-state index is 10.7. The fraction of sp³-hybridized carbons (Fsp3) is 0.429. The molecule has 0 radical (unpaired) electrons. The molecule has 12 heteroatoms. The fourth-order valence-corrected chi connectivity index (χ4v) is 2.72. The highest BCUT2D eigenvalue weighted by atomic mass is 32.2. The van der Waals surface area contributed by atoms with Crippen molar-refractivity contribution in [1.29, 1.82) is 10.5 Å². The van der Waals surface area contributed by atoms with E-state index in [9.17, 15) is 18.9 Å². The summed E-state index contributed by atoms with van der Waals surface area (Å²) in [5.41, 5.74) is -0.571. The predicted octanol–water partition coefficient (Wildman–Crippen LogP) is 0.877. The lowest BCUT2D eigenvalue weighted by atomic mass is 10.1. The van der Waals surface area contributed by atoms with E-state index in [1.54, 1.807) is 12.1 Å². The number of hydrogen-bond acceptors (Lipinski definition) is 8. The van der Waals surface area contributed by atoms with Gasteiger partial charge in [-0.3, -0.25) is 4.55 Å². The Bertz CT molecular complexity index is 1180. The molecule has 174 valence electrons. The van der Waals surface area contributed by atoms with Gasteiger partial charge in [-0.2, -0.15) is 8.42 Å². The molecule has 11 nitrogen and oxygen atoms in total. The second-order valence-electron chi connectivity index (χ2n) is 6.20. The molecule has 0 saturated carbocycles. The molecular formula is C21H22N4O7S.